The van der Waals surface area contributed by atoms with E-state index in [2.05, 4.69) is 10.2 Å². The van der Waals surface area contributed by atoms with Gasteiger partial charge in [0, 0.05) is 43.0 Å². The molecule has 0 aliphatic carbocycles. The SMILES string of the molecule is N=C(NC(=O)C(F)(F)F)c1ccc(C(=O)NCCC2COCCN2C(=O)c2ccccc2N2CCOCC2)cc1. The Hall–Kier alpha value is -3.97. The lowest BCUT2D eigenvalue weighted by Crippen LogP contribution is -2.50. The first kappa shape index (κ1) is 29.0. The average Bonchev–Trinajstić information content (AvgIpc) is 2.97. The number of carbonyl (C=O) groups excluding carboxylic acids is 3. The minimum atomic E-state index is -5.11. The van der Waals surface area contributed by atoms with Gasteiger partial charge in [0.2, 0.25) is 0 Å². The van der Waals surface area contributed by atoms with Crippen LogP contribution in [0.5, 0.6) is 0 Å². The van der Waals surface area contributed by atoms with Crippen LogP contribution in [0.25, 0.3) is 0 Å². The van der Waals surface area contributed by atoms with Gasteiger partial charge in [-0.1, -0.05) is 24.3 Å². The summed E-state index contributed by atoms with van der Waals surface area (Å²) in [5.41, 5.74) is 1.72. The number of amides is 3. The van der Waals surface area contributed by atoms with Gasteiger partial charge in [-0.3, -0.25) is 19.8 Å². The van der Waals surface area contributed by atoms with E-state index in [-0.39, 0.29) is 29.6 Å². The maximum absolute atomic E-state index is 13.6. The van der Waals surface area contributed by atoms with E-state index in [0.29, 0.717) is 58.0 Å². The molecule has 0 bridgehead atoms. The maximum atomic E-state index is 13.6. The Morgan fingerprint density at radius 1 is 0.925 bits per heavy atom. The lowest BCUT2D eigenvalue weighted by atomic mass is 10.1. The predicted octanol–water partition coefficient (Wildman–Crippen LogP) is 2.19. The first-order chi connectivity index (χ1) is 19.1. The quantitative estimate of drug-likeness (QED) is 0.352. The van der Waals surface area contributed by atoms with E-state index in [1.807, 2.05) is 24.3 Å². The van der Waals surface area contributed by atoms with E-state index in [1.54, 1.807) is 4.90 Å². The third kappa shape index (κ3) is 7.16. The van der Waals surface area contributed by atoms with Crippen molar-refractivity contribution >= 4 is 29.2 Å². The van der Waals surface area contributed by atoms with Crippen LogP contribution in [0.15, 0.2) is 48.5 Å². The van der Waals surface area contributed by atoms with Gasteiger partial charge in [0.25, 0.3) is 11.8 Å². The molecule has 40 heavy (non-hydrogen) atoms. The third-order valence-corrected chi connectivity index (χ3v) is 6.67. The number of carbonyl (C=O) groups is 3. The van der Waals surface area contributed by atoms with Crippen molar-refractivity contribution in [3.63, 3.8) is 0 Å². The summed E-state index contributed by atoms with van der Waals surface area (Å²) < 4.78 is 48.3. The smallest absolute Gasteiger partial charge is 0.378 e. The second-order valence-electron chi connectivity index (χ2n) is 9.29. The zero-order chi connectivity index (χ0) is 28.7. The molecule has 2 heterocycles. The number of hydrogen-bond donors (Lipinski definition) is 3. The highest BCUT2D eigenvalue weighted by atomic mass is 19.4. The molecule has 0 saturated carbocycles. The number of nitrogens with one attached hydrogen (secondary N) is 3. The number of hydrogen-bond acceptors (Lipinski definition) is 7. The molecule has 1 unspecified atom stereocenters. The molecule has 13 heteroatoms. The Labute approximate surface area is 228 Å². The van der Waals surface area contributed by atoms with Crippen molar-refractivity contribution in [1.82, 2.24) is 15.5 Å². The minimum absolute atomic E-state index is 0.0139. The molecule has 1 atom stereocenters. The average molecular weight is 562 g/mol. The molecular weight excluding hydrogens is 531 g/mol. The second kappa shape index (κ2) is 12.9. The highest BCUT2D eigenvalue weighted by Crippen LogP contribution is 2.25. The Balaban J connectivity index is 1.33. The monoisotopic (exact) mass is 561 g/mol. The van der Waals surface area contributed by atoms with Crippen LogP contribution >= 0.6 is 0 Å². The summed E-state index contributed by atoms with van der Waals surface area (Å²) in [4.78, 5) is 41.2. The number of anilines is 1. The normalized spacial score (nSPS) is 17.7. The van der Waals surface area contributed by atoms with Crippen molar-refractivity contribution in [3.05, 3.63) is 65.2 Å². The zero-order valence-corrected chi connectivity index (χ0v) is 21.6. The van der Waals surface area contributed by atoms with Crippen LogP contribution in [-0.2, 0) is 14.3 Å². The van der Waals surface area contributed by atoms with Gasteiger partial charge in [0.1, 0.15) is 5.84 Å². The van der Waals surface area contributed by atoms with Crippen molar-refractivity contribution < 1.29 is 37.0 Å². The van der Waals surface area contributed by atoms with E-state index in [0.717, 1.165) is 5.69 Å². The second-order valence-corrected chi connectivity index (χ2v) is 9.29. The first-order valence-electron chi connectivity index (χ1n) is 12.8. The summed E-state index contributed by atoms with van der Waals surface area (Å²) in [6.45, 7) is 4.03. The molecule has 2 aromatic carbocycles. The molecule has 0 radical (unpaired) electrons. The molecule has 2 aliphatic rings. The number of halogens is 3. The van der Waals surface area contributed by atoms with E-state index >= 15 is 0 Å². The first-order valence-corrected chi connectivity index (χ1v) is 12.8. The van der Waals surface area contributed by atoms with Gasteiger partial charge in [-0.2, -0.15) is 13.2 Å². The fraction of sp³-hybridized carbons (Fsp3) is 0.407. The third-order valence-electron chi connectivity index (χ3n) is 6.67. The number of benzene rings is 2. The van der Waals surface area contributed by atoms with Gasteiger partial charge in [-0.15, -0.1) is 0 Å². The number of alkyl halides is 3. The molecule has 0 aromatic heterocycles. The lowest BCUT2D eigenvalue weighted by molar-refractivity contribution is -0.171. The van der Waals surface area contributed by atoms with Crippen molar-refractivity contribution in [1.29, 1.82) is 5.41 Å². The maximum Gasteiger partial charge on any atom is 0.471 e. The molecule has 2 saturated heterocycles. The van der Waals surface area contributed by atoms with Gasteiger partial charge in [0.15, 0.2) is 0 Å². The van der Waals surface area contributed by atoms with Crippen LogP contribution in [0.2, 0.25) is 0 Å². The lowest BCUT2D eigenvalue weighted by Gasteiger charge is -2.37. The van der Waals surface area contributed by atoms with Gasteiger partial charge in [-0.25, -0.2) is 0 Å². The van der Waals surface area contributed by atoms with Crippen LogP contribution < -0.4 is 15.5 Å². The van der Waals surface area contributed by atoms with Crippen LogP contribution in [0.1, 0.15) is 32.7 Å². The summed E-state index contributed by atoms with van der Waals surface area (Å²) in [5.74, 6) is -3.50. The number of morpholine rings is 2. The Morgan fingerprint density at radius 3 is 2.27 bits per heavy atom. The predicted molar refractivity (Wildman–Crippen MR) is 140 cm³/mol. The molecule has 3 N–H and O–H groups in total. The Kier molecular flexibility index (Phi) is 9.38. The number of amidine groups is 1. The van der Waals surface area contributed by atoms with Gasteiger partial charge in [-0.05, 0) is 30.7 Å². The number of rotatable bonds is 7. The molecule has 0 spiro atoms. The van der Waals surface area contributed by atoms with Gasteiger partial charge >= 0.3 is 12.1 Å². The summed E-state index contributed by atoms with van der Waals surface area (Å²) in [6.07, 6.45) is -4.66. The topological polar surface area (TPSA) is 124 Å². The van der Waals surface area contributed by atoms with E-state index in [9.17, 15) is 27.6 Å². The summed E-state index contributed by atoms with van der Waals surface area (Å²) >= 11 is 0. The van der Waals surface area contributed by atoms with Crippen molar-refractivity contribution in [3.8, 4) is 0 Å². The molecule has 4 rings (SSSR count). The van der Waals surface area contributed by atoms with Crippen LogP contribution in [0.3, 0.4) is 0 Å². The summed E-state index contributed by atoms with van der Waals surface area (Å²) in [7, 11) is 0. The van der Waals surface area contributed by atoms with Crippen molar-refractivity contribution in [2.24, 2.45) is 0 Å². The van der Waals surface area contributed by atoms with Crippen LogP contribution in [-0.4, -0.2) is 93.3 Å². The number of para-hydroxylation sites is 1. The standard InChI is InChI=1S/C27H30F3N5O5/c28-27(29,30)26(38)33-23(31)18-5-7-19(8-6-18)24(36)32-10-9-20-17-40-16-13-35(20)25(37)21-3-1-2-4-22(21)34-11-14-39-15-12-34/h1-8,20H,9-17H2,(H,32,36)(H2,31,33,38). The van der Waals surface area contributed by atoms with Crippen LogP contribution in [0.4, 0.5) is 18.9 Å². The highest BCUT2D eigenvalue weighted by Gasteiger charge is 2.39. The highest BCUT2D eigenvalue weighted by molar-refractivity contribution is 6.08. The fourth-order valence-electron chi connectivity index (χ4n) is 4.55. The zero-order valence-electron chi connectivity index (χ0n) is 21.6. The van der Waals surface area contributed by atoms with E-state index in [4.69, 9.17) is 14.9 Å². The largest absolute Gasteiger partial charge is 0.471 e. The minimum Gasteiger partial charge on any atom is -0.378 e. The molecule has 214 valence electrons. The van der Waals surface area contributed by atoms with Gasteiger partial charge < -0.3 is 29.9 Å². The molecule has 2 aromatic rings. The molecule has 2 aliphatic heterocycles. The molecule has 10 nitrogen and oxygen atoms in total. The summed E-state index contributed by atoms with van der Waals surface area (Å²) in [5, 5.41) is 11.9. The van der Waals surface area contributed by atoms with Crippen LogP contribution in [0, 0.1) is 5.41 Å². The number of ether oxygens (including phenoxy) is 2. The molecule has 2 fully saturated rings. The molecular formula is C27H30F3N5O5. The van der Waals surface area contributed by atoms with Crippen molar-refractivity contribution in [2.45, 2.75) is 18.6 Å². The Morgan fingerprint density at radius 2 is 1.57 bits per heavy atom. The van der Waals surface area contributed by atoms with E-state index in [1.165, 1.54) is 29.6 Å². The van der Waals surface area contributed by atoms with E-state index < -0.39 is 23.8 Å². The van der Waals surface area contributed by atoms with Crippen molar-refractivity contribution in [2.75, 3.05) is 57.5 Å². The Bertz CT molecular complexity index is 1230. The summed E-state index contributed by atoms with van der Waals surface area (Å²) in [6, 6.07) is 12.5. The van der Waals surface area contributed by atoms with Gasteiger partial charge in [0.05, 0.1) is 38.0 Å². The molecule has 3 amide bonds. The number of nitrogens with zero attached hydrogens (tertiary/aromatic N) is 2. The fourth-order valence-corrected chi connectivity index (χ4v) is 4.55.